The van der Waals surface area contributed by atoms with Gasteiger partial charge in [0.2, 0.25) is 5.95 Å². The average Bonchev–Trinajstić information content (AvgIpc) is 3.15. The molecule has 0 aliphatic carbocycles. The van der Waals surface area contributed by atoms with Crippen LogP contribution in [0.15, 0.2) is 6.33 Å². The molecule has 1 amide bonds. The molecular formula is C24H40N6O4. The molecule has 2 aromatic rings. The average molecular weight is 477 g/mol. The van der Waals surface area contributed by atoms with Crippen molar-refractivity contribution in [3.8, 4) is 0 Å². The quantitative estimate of drug-likeness (QED) is 0.324. The summed E-state index contributed by atoms with van der Waals surface area (Å²) in [6.07, 6.45) is 5.84. The molecule has 10 heteroatoms. The minimum atomic E-state index is -0.656. The summed E-state index contributed by atoms with van der Waals surface area (Å²) < 4.78 is 12.4. The topological polar surface area (TPSA) is 103 Å². The third kappa shape index (κ3) is 7.56. The highest BCUT2D eigenvalue weighted by Gasteiger charge is 2.27. The van der Waals surface area contributed by atoms with Gasteiger partial charge in [0.1, 0.15) is 12.1 Å². The van der Waals surface area contributed by atoms with Crippen LogP contribution in [-0.2, 0) is 20.8 Å². The van der Waals surface area contributed by atoms with Gasteiger partial charge in [-0.3, -0.25) is 4.79 Å². The lowest BCUT2D eigenvalue weighted by Gasteiger charge is -2.27. The number of hydrogen-bond donors (Lipinski definition) is 0. The Morgan fingerprint density at radius 1 is 1.03 bits per heavy atom. The number of aromatic nitrogens is 4. The summed E-state index contributed by atoms with van der Waals surface area (Å²) in [5, 5.41) is 0. The van der Waals surface area contributed by atoms with Gasteiger partial charge in [0.25, 0.3) is 0 Å². The summed E-state index contributed by atoms with van der Waals surface area (Å²) in [4.78, 5) is 42.7. The van der Waals surface area contributed by atoms with Gasteiger partial charge in [0, 0.05) is 20.1 Å². The highest BCUT2D eigenvalue weighted by atomic mass is 16.6. The number of esters is 1. The van der Waals surface area contributed by atoms with Gasteiger partial charge in [0.15, 0.2) is 17.0 Å². The summed E-state index contributed by atoms with van der Waals surface area (Å²) in [6.45, 7) is 13.0. The number of amides is 1. The number of anilines is 2. The van der Waals surface area contributed by atoms with Gasteiger partial charge in [-0.15, -0.1) is 0 Å². The van der Waals surface area contributed by atoms with E-state index in [2.05, 4.69) is 23.8 Å². The second-order valence-electron chi connectivity index (χ2n) is 9.31. The number of unbranched alkanes of at least 4 members (excludes halogenated alkanes) is 3. The predicted molar refractivity (Wildman–Crippen MR) is 133 cm³/mol. The maximum Gasteiger partial charge on any atom is 0.417 e. The first-order chi connectivity index (χ1) is 16.1. The van der Waals surface area contributed by atoms with E-state index in [0.717, 1.165) is 38.6 Å². The van der Waals surface area contributed by atoms with Crippen molar-refractivity contribution in [1.29, 1.82) is 0 Å². The van der Waals surface area contributed by atoms with E-state index in [1.807, 2.05) is 32.7 Å². The van der Waals surface area contributed by atoms with Crippen molar-refractivity contribution < 1.29 is 19.1 Å². The molecule has 0 radical (unpaired) electrons. The number of rotatable bonds is 12. The van der Waals surface area contributed by atoms with Crippen LogP contribution in [0.25, 0.3) is 11.2 Å². The van der Waals surface area contributed by atoms with Crippen LogP contribution in [0.1, 0.15) is 73.6 Å². The van der Waals surface area contributed by atoms with Crippen molar-refractivity contribution in [2.24, 2.45) is 0 Å². The highest BCUT2D eigenvalue weighted by Crippen LogP contribution is 2.27. The Kier molecular flexibility index (Phi) is 10.1. The Morgan fingerprint density at radius 2 is 1.74 bits per heavy atom. The Hall–Kier alpha value is -2.91. The van der Waals surface area contributed by atoms with E-state index in [-0.39, 0.29) is 18.5 Å². The molecule has 0 N–H and O–H groups in total. The fourth-order valence-corrected chi connectivity index (χ4v) is 3.38. The molecule has 0 fully saturated rings. The maximum atomic E-state index is 13.1. The van der Waals surface area contributed by atoms with E-state index in [9.17, 15) is 9.59 Å². The first-order valence-electron chi connectivity index (χ1n) is 12.2. The summed E-state index contributed by atoms with van der Waals surface area (Å²) in [5.41, 5.74) is 0.390. The van der Waals surface area contributed by atoms with Crippen LogP contribution in [0.3, 0.4) is 0 Å². The standard InChI is InChI=1S/C24H40N6O4/c1-8-11-13-15-30(23(32)34-24(4,5)6)22-26-20(28(7)14-12-9-2)19-21(27-22)29(17-25-19)16-18(31)33-10-3/h17H,8-16H2,1-7H3. The minimum Gasteiger partial charge on any atom is -0.465 e. The van der Waals surface area contributed by atoms with Crippen LogP contribution in [0, 0.1) is 0 Å². The molecule has 0 saturated carbocycles. The van der Waals surface area contributed by atoms with E-state index in [1.165, 1.54) is 4.90 Å². The number of hydrogen-bond acceptors (Lipinski definition) is 8. The predicted octanol–water partition coefficient (Wildman–Crippen LogP) is 4.56. The molecule has 34 heavy (non-hydrogen) atoms. The molecule has 0 aliphatic rings. The van der Waals surface area contributed by atoms with Gasteiger partial charge < -0.3 is 18.9 Å². The number of nitrogens with zero attached hydrogens (tertiary/aromatic N) is 6. The fraction of sp³-hybridized carbons (Fsp3) is 0.708. The highest BCUT2D eigenvalue weighted by molar-refractivity contribution is 5.90. The summed E-state index contributed by atoms with van der Waals surface area (Å²) in [7, 11) is 1.94. The van der Waals surface area contributed by atoms with E-state index in [4.69, 9.17) is 14.5 Å². The third-order valence-corrected chi connectivity index (χ3v) is 5.09. The summed E-state index contributed by atoms with van der Waals surface area (Å²) >= 11 is 0. The van der Waals surface area contributed by atoms with Crippen molar-refractivity contribution in [2.75, 3.05) is 36.5 Å². The first kappa shape index (κ1) is 27.3. The Morgan fingerprint density at radius 3 is 2.35 bits per heavy atom. The lowest BCUT2D eigenvalue weighted by molar-refractivity contribution is -0.143. The lowest BCUT2D eigenvalue weighted by Crippen LogP contribution is -2.39. The zero-order valence-corrected chi connectivity index (χ0v) is 21.8. The normalized spacial score (nSPS) is 11.5. The largest absolute Gasteiger partial charge is 0.465 e. The molecule has 190 valence electrons. The monoisotopic (exact) mass is 476 g/mol. The van der Waals surface area contributed by atoms with Gasteiger partial charge in [-0.1, -0.05) is 33.1 Å². The number of ether oxygens (including phenoxy) is 2. The van der Waals surface area contributed by atoms with Gasteiger partial charge in [-0.2, -0.15) is 9.97 Å². The number of fused-ring (bicyclic) bond motifs is 1. The molecule has 0 aliphatic heterocycles. The van der Waals surface area contributed by atoms with Crippen molar-refractivity contribution in [2.45, 2.75) is 85.8 Å². The van der Waals surface area contributed by atoms with Crippen LogP contribution >= 0.6 is 0 Å². The van der Waals surface area contributed by atoms with Crippen LogP contribution < -0.4 is 9.80 Å². The van der Waals surface area contributed by atoms with Crippen molar-refractivity contribution in [1.82, 2.24) is 19.5 Å². The molecule has 0 atom stereocenters. The lowest BCUT2D eigenvalue weighted by atomic mass is 10.2. The Bertz CT molecular complexity index is 953. The molecule has 0 saturated heterocycles. The van der Waals surface area contributed by atoms with Crippen LogP contribution in [-0.4, -0.2) is 63.9 Å². The molecule has 0 bridgehead atoms. The van der Waals surface area contributed by atoms with Gasteiger partial charge in [-0.25, -0.2) is 14.7 Å². The molecule has 2 heterocycles. The SMILES string of the molecule is CCCCCN(C(=O)OC(C)(C)C)c1nc(N(C)CCCC)c2ncn(CC(=O)OCC)c2n1. The zero-order chi connectivity index (χ0) is 25.3. The summed E-state index contributed by atoms with van der Waals surface area (Å²) in [6, 6.07) is 0. The van der Waals surface area contributed by atoms with E-state index < -0.39 is 11.7 Å². The third-order valence-electron chi connectivity index (χ3n) is 5.09. The molecule has 0 unspecified atom stereocenters. The fourth-order valence-electron chi connectivity index (χ4n) is 3.38. The van der Waals surface area contributed by atoms with Crippen LogP contribution in [0.2, 0.25) is 0 Å². The van der Waals surface area contributed by atoms with E-state index in [1.54, 1.807) is 17.8 Å². The van der Waals surface area contributed by atoms with Crippen molar-refractivity contribution in [3.63, 3.8) is 0 Å². The van der Waals surface area contributed by atoms with E-state index in [0.29, 0.717) is 30.1 Å². The van der Waals surface area contributed by atoms with Gasteiger partial charge in [0.05, 0.1) is 12.9 Å². The maximum absolute atomic E-state index is 13.1. The molecule has 0 spiro atoms. The number of carbonyl (C=O) groups is 2. The van der Waals surface area contributed by atoms with Crippen LogP contribution in [0.4, 0.5) is 16.6 Å². The molecule has 0 aromatic carbocycles. The number of imidazole rings is 1. The van der Waals surface area contributed by atoms with E-state index >= 15 is 0 Å². The Labute approximate surface area is 202 Å². The smallest absolute Gasteiger partial charge is 0.417 e. The van der Waals surface area contributed by atoms with Gasteiger partial charge >= 0.3 is 12.1 Å². The van der Waals surface area contributed by atoms with Crippen LogP contribution in [0.5, 0.6) is 0 Å². The zero-order valence-electron chi connectivity index (χ0n) is 21.8. The molecular weight excluding hydrogens is 436 g/mol. The summed E-state index contributed by atoms with van der Waals surface area (Å²) in [5.74, 6) is 0.469. The molecule has 10 nitrogen and oxygen atoms in total. The second-order valence-corrected chi connectivity index (χ2v) is 9.31. The second kappa shape index (κ2) is 12.5. The minimum absolute atomic E-state index is 0.0266. The van der Waals surface area contributed by atoms with Crippen molar-refractivity contribution >= 4 is 35.0 Å². The van der Waals surface area contributed by atoms with Gasteiger partial charge in [-0.05, 0) is 40.5 Å². The molecule has 2 aromatic heterocycles. The Balaban J connectivity index is 2.58. The first-order valence-corrected chi connectivity index (χ1v) is 12.2. The van der Waals surface area contributed by atoms with Crippen molar-refractivity contribution in [3.05, 3.63) is 6.33 Å². The molecule has 2 rings (SSSR count). The number of carbonyl (C=O) groups excluding carboxylic acids is 2.